The first-order valence-electron chi connectivity index (χ1n) is 11.3. The van der Waals surface area contributed by atoms with Gasteiger partial charge in [-0.1, -0.05) is 72.3 Å². The van der Waals surface area contributed by atoms with Gasteiger partial charge < -0.3 is 13.8 Å². The quantitative estimate of drug-likeness (QED) is 0.290. The molecule has 0 aliphatic carbocycles. The van der Waals surface area contributed by atoms with Crippen molar-refractivity contribution in [1.29, 1.82) is 0 Å². The lowest BCUT2D eigenvalue weighted by Crippen LogP contribution is -2.31. The summed E-state index contributed by atoms with van der Waals surface area (Å²) in [5.41, 5.74) is 6.68. The second-order valence-corrected chi connectivity index (χ2v) is 9.19. The van der Waals surface area contributed by atoms with Gasteiger partial charge in [-0.3, -0.25) is 0 Å². The summed E-state index contributed by atoms with van der Waals surface area (Å²) in [5, 5.41) is 0. The summed E-state index contributed by atoms with van der Waals surface area (Å²) in [7, 11) is 3.65. The standard InChI is InChI=1S/C29H26N2O3S/c1-21-17-19-23(20-18-21)34-35(32)31(22-11-5-4-6-12-22)29(33-3)28-24-13-7-9-15-26(24)30(2)27-16-10-8-14-25(27)28/h4-20H,1-3H3. The van der Waals surface area contributed by atoms with E-state index in [4.69, 9.17) is 8.92 Å². The van der Waals surface area contributed by atoms with Crippen molar-refractivity contribution in [2.24, 2.45) is 0 Å². The molecule has 176 valence electrons. The average Bonchev–Trinajstić information content (AvgIpc) is 2.90. The number of hydrogen-bond acceptors (Lipinski definition) is 4. The fourth-order valence-electron chi connectivity index (χ4n) is 4.29. The summed E-state index contributed by atoms with van der Waals surface area (Å²) < 4.78 is 27.4. The molecule has 0 fully saturated rings. The molecule has 0 radical (unpaired) electrons. The summed E-state index contributed by atoms with van der Waals surface area (Å²) in [6.45, 7) is 2.00. The second kappa shape index (κ2) is 9.68. The largest absolute Gasteiger partial charge is 0.481 e. The fraction of sp³-hybridized carbons (Fsp3) is 0.103. The lowest BCUT2D eigenvalue weighted by Gasteiger charge is -2.34. The fourth-order valence-corrected chi connectivity index (χ4v) is 5.24. The van der Waals surface area contributed by atoms with Gasteiger partial charge in [-0.05, 0) is 43.3 Å². The van der Waals surface area contributed by atoms with E-state index in [2.05, 4.69) is 36.2 Å². The van der Waals surface area contributed by atoms with Gasteiger partial charge in [-0.2, -0.15) is 8.51 Å². The molecular weight excluding hydrogens is 456 g/mol. The van der Waals surface area contributed by atoms with Crippen LogP contribution in [0, 0.1) is 6.92 Å². The van der Waals surface area contributed by atoms with E-state index >= 15 is 0 Å². The van der Waals surface area contributed by atoms with Gasteiger partial charge >= 0.3 is 11.3 Å². The number of hydrogen-bond donors (Lipinski definition) is 0. The number of ether oxygens (including phenoxy) is 1. The summed E-state index contributed by atoms with van der Waals surface area (Å²) in [4.78, 5) is 2.16. The number of rotatable bonds is 6. The maximum atomic E-state index is 13.8. The highest BCUT2D eigenvalue weighted by atomic mass is 32.2. The molecule has 35 heavy (non-hydrogen) atoms. The molecule has 0 aromatic heterocycles. The third-order valence-corrected chi connectivity index (χ3v) is 7.00. The van der Waals surface area contributed by atoms with E-state index in [0.717, 1.165) is 33.6 Å². The summed E-state index contributed by atoms with van der Waals surface area (Å²) in [5.74, 6) is 0.953. The van der Waals surface area contributed by atoms with Crippen molar-refractivity contribution in [3.63, 3.8) is 0 Å². The minimum Gasteiger partial charge on any atom is -0.481 e. The van der Waals surface area contributed by atoms with Crippen LogP contribution in [0.1, 0.15) is 16.7 Å². The molecule has 1 aliphatic rings. The Kier molecular flexibility index (Phi) is 6.29. The second-order valence-electron chi connectivity index (χ2n) is 8.22. The minimum absolute atomic E-state index is 0.439. The van der Waals surface area contributed by atoms with Gasteiger partial charge in [0.05, 0.1) is 18.4 Å². The number of para-hydroxylation sites is 3. The predicted octanol–water partition coefficient (Wildman–Crippen LogP) is 6.60. The van der Waals surface area contributed by atoms with Crippen LogP contribution in [0.5, 0.6) is 5.75 Å². The Morgan fingerprint density at radius 1 is 0.771 bits per heavy atom. The number of anilines is 3. The van der Waals surface area contributed by atoms with Crippen LogP contribution in [0.15, 0.2) is 109 Å². The molecule has 0 N–H and O–H groups in total. The number of methoxy groups -OCH3 is 1. The number of nitrogens with zero attached hydrogens (tertiary/aromatic N) is 2. The molecule has 5 rings (SSSR count). The molecule has 1 aliphatic heterocycles. The lowest BCUT2D eigenvalue weighted by atomic mass is 9.90. The molecule has 1 unspecified atom stereocenters. The van der Waals surface area contributed by atoms with Crippen molar-refractivity contribution < 1.29 is 13.1 Å². The Morgan fingerprint density at radius 3 is 1.89 bits per heavy atom. The zero-order valence-electron chi connectivity index (χ0n) is 19.8. The smallest absolute Gasteiger partial charge is 0.325 e. The SMILES string of the molecule is COC(=C1c2ccccc2N(C)c2ccccc21)N(c1ccccc1)S(=O)Oc1ccc(C)cc1. The molecule has 1 atom stereocenters. The molecule has 0 amide bonds. The molecule has 0 bridgehead atoms. The minimum atomic E-state index is -1.92. The Balaban J connectivity index is 1.73. The number of benzene rings is 4. The molecule has 0 saturated carbocycles. The van der Waals surface area contributed by atoms with E-state index in [0.29, 0.717) is 17.3 Å². The Hall–Kier alpha value is -4.03. The first-order valence-corrected chi connectivity index (χ1v) is 12.3. The molecule has 4 aromatic carbocycles. The monoisotopic (exact) mass is 482 g/mol. The van der Waals surface area contributed by atoms with Crippen LogP contribution in [0.3, 0.4) is 0 Å². The third kappa shape index (κ3) is 4.29. The zero-order valence-corrected chi connectivity index (χ0v) is 20.7. The van der Waals surface area contributed by atoms with Crippen LogP contribution in [0.4, 0.5) is 17.1 Å². The van der Waals surface area contributed by atoms with Gasteiger partial charge in [0.25, 0.3) is 0 Å². The van der Waals surface area contributed by atoms with Crippen molar-refractivity contribution in [1.82, 2.24) is 0 Å². The Bertz CT molecular complexity index is 1350. The molecule has 0 saturated heterocycles. The van der Waals surface area contributed by atoms with Crippen LogP contribution in [-0.4, -0.2) is 18.4 Å². The summed E-state index contributed by atoms with van der Waals surface area (Å²) in [6, 6.07) is 33.3. The van der Waals surface area contributed by atoms with Gasteiger partial charge in [0, 0.05) is 29.5 Å². The van der Waals surface area contributed by atoms with Crippen LogP contribution < -0.4 is 13.4 Å². The van der Waals surface area contributed by atoms with Crippen LogP contribution >= 0.6 is 0 Å². The average molecular weight is 483 g/mol. The molecule has 4 aromatic rings. The highest BCUT2D eigenvalue weighted by Crippen LogP contribution is 2.46. The first kappa shape index (κ1) is 22.7. The maximum Gasteiger partial charge on any atom is 0.325 e. The normalized spacial score (nSPS) is 12.9. The highest BCUT2D eigenvalue weighted by Gasteiger charge is 2.32. The summed E-state index contributed by atoms with van der Waals surface area (Å²) >= 11 is -1.92. The van der Waals surface area contributed by atoms with Gasteiger partial charge in [-0.15, -0.1) is 0 Å². The highest BCUT2D eigenvalue weighted by molar-refractivity contribution is 7.82. The van der Waals surface area contributed by atoms with Gasteiger partial charge in [0.1, 0.15) is 5.75 Å². The molecule has 1 heterocycles. The van der Waals surface area contributed by atoms with Crippen molar-refractivity contribution in [2.45, 2.75) is 6.92 Å². The summed E-state index contributed by atoms with van der Waals surface area (Å²) in [6.07, 6.45) is 0. The van der Waals surface area contributed by atoms with E-state index in [1.165, 1.54) is 0 Å². The van der Waals surface area contributed by atoms with E-state index in [1.54, 1.807) is 11.4 Å². The van der Waals surface area contributed by atoms with E-state index in [9.17, 15) is 4.21 Å². The zero-order chi connectivity index (χ0) is 24.4. The Labute approximate surface area is 208 Å². The Morgan fingerprint density at radius 2 is 1.31 bits per heavy atom. The predicted molar refractivity (Wildman–Crippen MR) is 143 cm³/mol. The van der Waals surface area contributed by atoms with Crippen molar-refractivity contribution in [3.8, 4) is 5.75 Å². The molecule has 6 heteroatoms. The first-order chi connectivity index (χ1) is 17.1. The molecule has 5 nitrogen and oxygen atoms in total. The van der Waals surface area contributed by atoms with Crippen LogP contribution in [0.25, 0.3) is 5.57 Å². The number of fused-ring (bicyclic) bond motifs is 2. The molecular formula is C29H26N2O3S. The molecule has 0 spiro atoms. The third-order valence-electron chi connectivity index (χ3n) is 5.99. The number of aryl methyl sites for hydroxylation is 1. The van der Waals surface area contributed by atoms with E-state index in [1.807, 2.05) is 85.8 Å². The van der Waals surface area contributed by atoms with Crippen LogP contribution in [-0.2, 0) is 16.0 Å². The van der Waals surface area contributed by atoms with Gasteiger partial charge in [0.2, 0.25) is 5.88 Å². The van der Waals surface area contributed by atoms with Crippen LogP contribution in [0.2, 0.25) is 0 Å². The lowest BCUT2D eigenvalue weighted by molar-refractivity contribution is 0.290. The van der Waals surface area contributed by atoms with Crippen molar-refractivity contribution in [3.05, 3.63) is 126 Å². The topological polar surface area (TPSA) is 42.0 Å². The van der Waals surface area contributed by atoms with E-state index < -0.39 is 11.3 Å². The van der Waals surface area contributed by atoms with Crippen molar-refractivity contribution >= 4 is 33.9 Å². The van der Waals surface area contributed by atoms with E-state index in [-0.39, 0.29) is 0 Å². The van der Waals surface area contributed by atoms with Gasteiger partial charge in [-0.25, -0.2) is 0 Å². The van der Waals surface area contributed by atoms with Crippen molar-refractivity contribution in [2.75, 3.05) is 23.4 Å². The van der Waals surface area contributed by atoms with Gasteiger partial charge in [0.15, 0.2) is 0 Å². The maximum absolute atomic E-state index is 13.8.